The minimum atomic E-state index is 0.0286. The fourth-order valence-electron chi connectivity index (χ4n) is 0.590. The zero-order valence-corrected chi connectivity index (χ0v) is 7.16. The van der Waals surface area contributed by atoms with Crippen molar-refractivity contribution in [1.82, 2.24) is 5.32 Å². The van der Waals surface area contributed by atoms with Gasteiger partial charge >= 0.3 is 0 Å². The molecular weight excluding hydrogens is 162 g/mol. The lowest BCUT2D eigenvalue weighted by molar-refractivity contribution is -0.121. The van der Waals surface area contributed by atoms with Crippen LogP contribution >= 0.6 is 11.6 Å². The van der Waals surface area contributed by atoms with Gasteiger partial charge in [-0.3, -0.25) is 4.79 Å². The summed E-state index contributed by atoms with van der Waals surface area (Å²) >= 11 is 5.39. The zero-order chi connectivity index (χ0) is 8.53. The van der Waals surface area contributed by atoms with E-state index in [1.165, 1.54) is 0 Å². The molecule has 1 N–H and O–H groups in total. The van der Waals surface area contributed by atoms with Gasteiger partial charge in [-0.15, -0.1) is 23.9 Å². The molecule has 0 spiro atoms. The highest BCUT2D eigenvalue weighted by molar-refractivity contribution is 6.17. The van der Waals surface area contributed by atoms with E-state index in [0.717, 1.165) is 6.42 Å². The van der Waals surface area contributed by atoms with E-state index in [0.29, 0.717) is 25.3 Å². The van der Waals surface area contributed by atoms with E-state index < -0.39 is 0 Å². The maximum atomic E-state index is 10.8. The average Bonchev–Trinajstić information content (AvgIpc) is 2.01. The number of nitrogens with one attached hydrogen (secondary N) is 1. The monoisotopic (exact) mass is 173 g/mol. The molecule has 0 rings (SSSR count). The Morgan fingerprint density at radius 3 is 2.91 bits per heavy atom. The van der Waals surface area contributed by atoms with Crippen molar-refractivity contribution in [1.29, 1.82) is 0 Å². The van der Waals surface area contributed by atoms with E-state index in [4.69, 9.17) is 18.0 Å². The molecule has 0 bridgehead atoms. The minimum absolute atomic E-state index is 0.0286. The number of carbonyl (C=O) groups excluding carboxylic acids is 1. The lowest BCUT2D eigenvalue weighted by atomic mass is 10.3. The van der Waals surface area contributed by atoms with Crippen molar-refractivity contribution in [2.24, 2.45) is 0 Å². The Hall–Kier alpha value is -0.680. The van der Waals surface area contributed by atoms with Crippen LogP contribution < -0.4 is 5.32 Å². The Morgan fingerprint density at radius 2 is 2.36 bits per heavy atom. The Kier molecular flexibility index (Phi) is 6.97. The molecule has 0 heterocycles. The number of halogens is 1. The number of hydrogen-bond donors (Lipinski definition) is 1. The molecule has 0 fully saturated rings. The summed E-state index contributed by atoms with van der Waals surface area (Å²) < 4.78 is 0. The molecule has 0 aromatic carbocycles. The Bertz CT molecular complexity index is 151. The molecule has 0 aromatic heterocycles. The number of rotatable bonds is 5. The number of carbonyl (C=O) groups is 1. The first-order valence-electron chi connectivity index (χ1n) is 3.57. The molecular formula is C8H12ClNO. The lowest BCUT2D eigenvalue weighted by Gasteiger charge is -2.00. The zero-order valence-electron chi connectivity index (χ0n) is 6.40. The van der Waals surface area contributed by atoms with Crippen LogP contribution in [0.4, 0.5) is 0 Å². The second-order valence-corrected chi connectivity index (χ2v) is 2.47. The quantitative estimate of drug-likeness (QED) is 0.377. The van der Waals surface area contributed by atoms with Crippen LogP contribution in [0, 0.1) is 12.3 Å². The van der Waals surface area contributed by atoms with Crippen molar-refractivity contribution in [2.45, 2.75) is 19.3 Å². The third-order valence-corrected chi connectivity index (χ3v) is 1.40. The normalized spacial score (nSPS) is 8.73. The Labute approximate surface area is 72.3 Å². The number of amides is 1. The van der Waals surface area contributed by atoms with Crippen LogP contribution in [0.1, 0.15) is 19.3 Å². The molecule has 0 saturated heterocycles. The summed E-state index contributed by atoms with van der Waals surface area (Å²) in [5.74, 6) is 3.00. The first kappa shape index (κ1) is 10.3. The second-order valence-electron chi connectivity index (χ2n) is 2.10. The molecule has 0 unspecified atom stereocenters. The van der Waals surface area contributed by atoms with Gasteiger partial charge in [0, 0.05) is 25.3 Å². The molecule has 0 aliphatic carbocycles. The van der Waals surface area contributed by atoms with Gasteiger partial charge in [-0.05, 0) is 6.42 Å². The van der Waals surface area contributed by atoms with E-state index >= 15 is 0 Å². The largest absolute Gasteiger partial charge is 0.355 e. The van der Waals surface area contributed by atoms with Crippen molar-refractivity contribution < 1.29 is 4.79 Å². The summed E-state index contributed by atoms with van der Waals surface area (Å²) in [5, 5.41) is 2.68. The molecule has 3 heteroatoms. The van der Waals surface area contributed by atoms with E-state index in [1.807, 2.05) is 0 Å². The van der Waals surface area contributed by atoms with E-state index in [1.54, 1.807) is 0 Å². The summed E-state index contributed by atoms with van der Waals surface area (Å²) in [5.41, 5.74) is 0. The molecule has 0 aliphatic heterocycles. The van der Waals surface area contributed by atoms with Crippen molar-refractivity contribution in [3.8, 4) is 12.3 Å². The molecule has 0 atom stereocenters. The molecule has 2 nitrogen and oxygen atoms in total. The highest BCUT2D eigenvalue weighted by atomic mass is 35.5. The molecule has 62 valence electrons. The van der Waals surface area contributed by atoms with Crippen LogP contribution in [-0.4, -0.2) is 18.3 Å². The van der Waals surface area contributed by atoms with Gasteiger partial charge in [-0.1, -0.05) is 0 Å². The van der Waals surface area contributed by atoms with E-state index in [2.05, 4.69) is 11.2 Å². The van der Waals surface area contributed by atoms with Crippen LogP contribution in [-0.2, 0) is 4.79 Å². The lowest BCUT2D eigenvalue weighted by Crippen LogP contribution is -2.23. The maximum Gasteiger partial charge on any atom is 0.220 e. The van der Waals surface area contributed by atoms with Crippen LogP contribution in [0.5, 0.6) is 0 Å². The van der Waals surface area contributed by atoms with Gasteiger partial charge in [-0.2, -0.15) is 0 Å². The highest BCUT2D eigenvalue weighted by Gasteiger charge is 1.97. The smallest absolute Gasteiger partial charge is 0.220 e. The van der Waals surface area contributed by atoms with Gasteiger partial charge in [0.1, 0.15) is 0 Å². The predicted octanol–water partition coefficient (Wildman–Crippen LogP) is 1.14. The topological polar surface area (TPSA) is 29.1 Å². The average molecular weight is 174 g/mol. The number of terminal acetylenes is 1. The first-order valence-corrected chi connectivity index (χ1v) is 4.11. The molecule has 0 aliphatic rings. The Balaban J connectivity index is 3.17. The summed E-state index contributed by atoms with van der Waals surface area (Å²) in [6, 6.07) is 0. The van der Waals surface area contributed by atoms with E-state index in [9.17, 15) is 4.79 Å². The van der Waals surface area contributed by atoms with Crippen molar-refractivity contribution in [2.75, 3.05) is 12.4 Å². The minimum Gasteiger partial charge on any atom is -0.355 e. The fraction of sp³-hybridized carbons (Fsp3) is 0.625. The fourth-order valence-corrected chi connectivity index (χ4v) is 0.723. The maximum absolute atomic E-state index is 10.8. The molecule has 0 aromatic rings. The predicted molar refractivity (Wildman–Crippen MR) is 46.4 cm³/mol. The van der Waals surface area contributed by atoms with Crippen molar-refractivity contribution in [3.63, 3.8) is 0 Å². The molecule has 0 radical (unpaired) electrons. The highest BCUT2D eigenvalue weighted by Crippen LogP contribution is 1.90. The molecule has 11 heavy (non-hydrogen) atoms. The van der Waals surface area contributed by atoms with Crippen molar-refractivity contribution in [3.05, 3.63) is 0 Å². The molecule has 1 amide bonds. The third kappa shape index (κ3) is 7.21. The summed E-state index contributed by atoms with van der Waals surface area (Å²) in [6.45, 7) is 0.567. The second kappa shape index (κ2) is 7.43. The van der Waals surface area contributed by atoms with Gasteiger partial charge in [0.15, 0.2) is 0 Å². The van der Waals surface area contributed by atoms with Crippen LogP contribution in [0.15, 0.2) is 0 Å². The SMILES string of the molecule is C#CCCNC(=O)CCCCl. The summed E-state index contributed by atoms with van der Waals surface area (Å²) in [7, 11) is 0. The van der Waals surface area contributed by atoms with Gasteiger partial charge in [0.05, 0.1) is 0 Å². The third-order valence-electron chi connectivity index (χ3n) is 1.13. The first-order chi connectivity index (χ1) is 5.31. The van der Waals surface area contributed by atoms with Gasteiger partial charge in [-0.25, -0.2) is 0 Å². The number of hydrogen-bond acceptors (Lipinski definition) is 1. The molecule has 0 saturated carbocycles. The van der Waals surface area contributed by atoms with Crippen molar-refractivity contribution >= 4 is 17.5 Å². The van der Waals surface area contributed by atoms with Crippen LogP contribution in [0.2, 0.25) is 0 Å². The van der Waals surface area contributed by atoms with Gasteiger partial charge < -0.3 is 5.32 Å². The van der Waals surface area contributed by atoms with Gasteiger partial charge in [0.25, 0.3) is 0 Å². The standard InChI is InChI=1S/C8H12ClNO/c1-2-3-7-10-8(11)5-4-6-9/h1H,3-7H2,(H,10,11). The van der Waals surface area contributed by atoms with Gasteiger partial charge in [0.2, 0.25) is 5.91 Å². The van der Waals surface area contributed by atoms with E-state index in [-0.39, 0.29) is 5.91 Å². The summed E-state index contributed by atoms with van der Waals surface area (Å²) in [6.07, 6.45) is 6.80. The van der Waals surface area contributed by atoms with Crippen LogP contribution in [0.3, 0.4) is 0 Å². The summed E-state index contributed by atoms with van der Waals surface area (Å²) in [4.78, 5) is 10.8. The van der Waals surface area contributed by atoms with Crippen LogP contribution in [0.25, 0.3) is 0 Å². The number of alkyl halides is 1. The Morgan fingerprint density at radius 1 is 1.64 bits per heavy atom.